The van der Waals surface area contributed by atoms with Crippen LogP contribution in [0, 0.1) is 5.41 Å². The van der Waals surface area contributed by atoms with Crippen molar-refractivity contribution in [1.29, 1.82) is 0 Å². The monoisotopic (exact) mass is 346 g/mol. The largest absolute Gasteiger partial charge is 0.381 e. The number of methoxy groups -OCH3 is 1. The fourth-order valence-electron chi connectivity index (χ4n) is 4.45. The first-order chi connectivity index (χ1) is 12.2. The van der Waals surface area contributed by atoms with Crippen molar-refractivity contribution in [3.8, 4) is 0 Å². The van der Waals surface area contributed by atoms with Gasteiger partial charge in [-0.25, -0.2) is 4.79 Å². The highest BCUT2D eigenvalue weighted by molar-refractivity contribution is 5.76. The molecule has 1 spiro atoms. The minimum Gasteiger partial charge on any atom is -0.381 e. The summed E-state index contributed by atoms with van der Waals surface area (Å²) in [7, 11) is 1.66. The van der Waals surface area contributed by atoms with E-state index in [9.17, 15) is 4.79 Å². The topological polar surface area (TPSA) is 60.0 Å². The Morgan fingerprint density at radius 2 is 1.96 bits per heavy atom. The maximum atomic E-state index is 12.9. The number of carbonyl (C=O) groups is 1. The Kier molecular flexibility index (Phi) is 4.67. The van der Waals surface area contributed by atoms with E-state index in [1.165, 1.54) is 5.56 Å². The summed E-state index contributed by atoms with van der Waals surface area (Å²) in [6.45, 7) is 3.38. The van der Waals surface area contributed by atoms with Crippen LogP contribution in [0.2, 0.25) is 0 Å². The standard InChI is InChI=1S/C19H26N2O4/c1-23-16-12-25-11-15(16)20-18(22)21-13-19(7-9-24-10-8-19)17(21)14-5-3-2-4-6-14/h2-6,15-17H,7-13H2,1H3,(H,20,22)/t15-,16+,17?/m0/s1. The summed E-state index contributed by atoms with van der Waals surface area (Å²) in [5.41, 5.74) is 1.35. The first-order valence-electron chi connectivity index (χ1n) is 9.04. The van der Waals surface area contributed by atoms with Crippen LogP contribution in [-0.4, -0.2) is 63.2 Å². The number of nitrogens with one attached hydrogen (secondary N) is 1. The number of likely N-dealkylation sites (tertiary alicyclic amines) is 1. The summed E-state index contributed by atoms with van der Waals surface area (Å²) in [6, 6.07) is 10.4. The van der Waals surface area contributed by atoms with Crippen molar-refractivity contribution in [1.82, 2.24) is 10.2 Å². The maximum absolute atomic E-state index is 12.9. The third-order valence-corrected chi connectivity index (χ3v) is 5.88. The fourth-order valence-corrected chi connectivity index (χ4v) is 4.45. The van der Waals surface area contributed by atoms with E-state index in [1.54, 1.807) is 7.11 Å². The highest BCUT2D eigenvalue weighted by atomic mass is 16.5. The molecule has 3 aliphatic heterocycles. The Morgan fingerprint density at radius 1 is 1.20 bits per heavy atom. The molecule has 6 heteroatoms. The molecule has 1 aromatic rings. The van der Waals surface area contributed by atoms with Gasteiger partial charge >= 0.3 is 6.03 Å². The van der Waals surface area contributed by atoms with E-state index < -0.39 is 0 Å². The summed E-state index contributed by atoms with van der Waals surface area (Å²) < 4.78 is 16.4. The highest BCUT2D eigenvalue weighted by Crippen LogP contribution is 2.54. The Morgan fingerprint density at radius 3 is 2.68 bits per heavy atom. The van der Waals surface area contributed by atoms with Gasteiger partial charge in [-0.15, -0.1) is 0 Å². The van der Waals surface area contributed by atoms with Crippen molar-refractivity contribution >= 4 is 6.03 Å². The first-order valence-corrected chi connectivity index (χ1v) is 9.04. The van der Waals surface area contributed by atoms with E-state index in [-0.39, 0.29) is 29.6 Å². The number of amides is 2. The molecule has 136 valence electrons. The second kappa shape index (κ2) is 6.94. The zero-order valence-corrected chi connectivity index (χ0v) is 14.6. The van der Waals surface area contributed by atoms with E-state index in [0.29, 0.717) is 13.2 Å². The van der Waals surface area contributed by atoms with Crippen LogP contribution in [0.1, 0.15) is 24.4 Å². The van der Waals surface area contributed by atoms with Crippen molar-refractivity contribution in [2.24, 2.45) is 5.41 Å². The van der Waals surface area contributed by atoms with Crippen molar-refractivity contribution in [2.45, 2.75) is 31.0 Å². The Labute approximate surface area is 148 Å². The SMILES string of the molecule is CO[C@@H]1COC[C@@H]1NC(=O)N1CC2(CCOCC2)C1c1ccccc1. The van der Waals surface area contributed by atoms with Crippen LogP contribution in [0.5, 0.6) is 0 Å². The van der Waals surface area contributed by atoms with Crippen molar-refractivity contribution in [3.63, 3.8) is 0 Å². The Bertz CT molecular complexity index is 603. The van der Waals surface area contributed by atoms with Gasteiger partial charge in [-0.3, -0.25) is 0 Å². The quantitative estimate of drug-likeness (QED) is 0.909. The number of carbonyl (C=O) groups excluding carboxylic acids is 1. The predicted molar refractivity (Wildman–Crippen MR) is 92.3 cm³/mol. The lowest BCUT2D eigenvalue weighted by atomic mass is 9.64. The number of benzene rings is 1. The van der Waals surface area contributed by atoms with Crippen molar-refractivity contribution in [3.05, 3.63) is 35.9 Å². The molecule has 3 atom stereocenters. The minimum absolute atomic E-state index is 0.0245. The number of hydrogen-bond donors (Lipinski definition) is 1. The molecule has 3 aliphatic rings. The molecule has 0 radical (unpaired) electrons. The third kappa shape index (κ3) is 3.03. The number of rotatable bonds is 3. The van der Waals surface area contributed by atoms with Crippen LogP contribution in [0.25, 0.3) is 0 Å². The molecule has 3 fully saturated rings. The molecule has 4 rings (SSSR count). The van der Waals surface area contributed by atoms with Gasteiger partial charge in [0.1, 0.15) is 6.10 Å². The lowest BCUT2D eigenvalue weighted by Crippen LogP contribution is -2.65. The van der Waals surface area contributed by atoms with E-state index in [4.69, 9.17) is 14.2 Å². The molecule has 25 heavy (non-hydrogen) atoms. The zero-order valence-electron chi connectivity index (χ0n) is 14.6. The van der Waals surface area contributed by atoms with Gasteiger partial charge in [-0.2, -0.15) is 0 Å². The van der Waals surface area contributed by atoms with Gasteiger partial charge in [-0.05, 0) is 18.4 Å². The summed E-state index contributed by atoms with van der Waals surface area (Å²) in [5, 5.41) is 3.11. The summed E-state index contributed by atoms with van der Waals surface area (Å²) in [6.07, 6.45) is 1.94. The van der Waals surface area contributed by atoms with E-state index >= 15 is 0 Å². The fraction of sp³-hybridized carbons (Fsp3) is 0.632. The molecule has 2 amide bonds. The maximum Gasteiger partial charge on any atom is 0.318 e. The highest BCUT2D eigenvalue weighted by Gasteiger charge is 2.55. The second-order valence-electron chi connectivity index (χ2n) is 7.28. The zero-order chi connectivity index (χ0) is 17.3. The third-order valence-electron chi connectivity index (χ3n) is 5.88. The molecule has 0 bridgehead atoms. The van der Waals surface area contributed by atoms with Crippen LogP contribution in [0.3, 0.4) is 0 Å². The summed E-state index contributed by atoms with van der Waals surface area (Å²) in [5.74, 6) is 0. The average Bonchev–Trinajstić information content (AvgIpc) is 3.08. The number of nitrogens with zero attached hydrogens (tertiary/aromatic N) is 1. The normalized spacial score (nSPS) is 30.9. The molecule has 3 heterocycles. The predicted octanol–water partition coefficient (Wildman–Crippen LogP) is 1.96. The summed E-state index contributed by atoms with van der Waals surface area (Å²) in [4.78, 5) is 14.9. The molecular formula is C19H26N2O4. The molecule has 6 nitrogen and oxygen atoms in total. The molecule has 0 aromatic heterocycles. The first kappa shape index (κ1) is 16.8. The Balaban J connectivity index is 1.51. The molecule has 1 aromatic carbocycles. The number of hydrogen-bond acceptors (Lipinski definition) is 4. The average molecular weight is 346 g/mol. The second-order valence-corrected chi connectivity index (χ2v) is 7.28. The van der Waals surface area contributed by atoms with E-state index in [1.807, 2.05) is 23.1 Å². The lowest BCUT2D eigenvalue weighted by Gasteiger charge is -2.59. The number of urea groups is 1. The van der Waals surface area contributed by atoms with Crippen molar-refractivity contribution in [2.75, 3.05) is 40.1 Å². The Hall–Kier alpha value is -1.63. The van der Waals surface area contributed by atoms with Gasteiger partial charge in [0.15, 0.2) is 0 Å². The van der Waals surface area contributed by atoms with Crippen LogP contribution < -0.4 is 5.32 Å². The van der Waals surface area contributed by atoms with Gasteiger partial charge in [0.2, 0.25) is 0 Å². The van der Waals surface area contributed by atoms with Gasteiger partial charge in [0, 0.05) is 32.3 Å². The molecular weight excluding hydrogens is 320 g/mol. The molecule has 1 N–H and O–H groups in total. The van der Waals surface area contributed by atoms with Gasteiger partial charge < -0.3 is 24.4 Å². The van der Waals surface area contributed by atoms with Crippen LogP contribution in [-0.2, 0) is 14.2 Å². The van der Waals surface area contributed by atoms with Crippen LogP contribution in [0.15, 0.2) is 30.3 Å². The molecule has 3 saturated heterocycles. The van der Waals surface area contributed by atoms with Crippen LogP contribution >= 0.6 is 0 Å². The molecule has 0 aliphatic carbocycles. The van der Waals surface area contributed by atoms with E-state index in [2.05, 4.69) is 17.4 Å². The van der Waals surface area contributed by atoms with Crippen molar-refractivity contribution < 1.29 is 19.0 Å². The molecule has 1 unspecified atom stereocenters. The minimum atomic E-state index is -0.0832. The molecule has 0 saturated carbocycles. The van der Waals surface area contributed by atoms with E-state index in [0.717, 1.165) is 32.6 Å². The van der Waals surface area contributed by atoms with Gasteiger partial charge in [0.25, 0.3) is 0 Å². The van der Waals surface area contributed by atoms with Crippen LogP contribution in [0.4, 0.5) is 4.79 Å². The lowest BCUT2D eigenvalue weighted by molar-refractivity contribution is -0.112. The smallest absolute Gasteiger partial charge is 0.318 e. The van der Waals surface area contributed by atoms with Gasteiger partial charge in [-0.1, -0.05) is 30.3 Å². The summed E-state index contributed by atoms with van der Waals surface area (Å²) >= 11 is 0. The van der Waals surface area contributed by atoms with Gasteiger partial charge in [0.05, 0.1) is 25.3 Å². The number of ether oxygens (including phenoxy) is 3.